The summed E-state index contributed by atoms with van der Waals surface area (Å²) in [5, 5.41) is 13.8. The highest BCUT2D eigenvalue weighted by molar-refractivity contribution is 6.09. The molecule has 0 bridgehead atoms. The second-order valence-electron chi connectivity index (χ2n) is 5.91. The minimum atomic E-state index is 0.251. The van der Waals surface area contributed by atoms with Gasteiger partial charge in [0.1, 0.15) is 11.6 Å². The highest BCUT2D eigenvalue weighted by Gasteiger charge is 2.12. The Bertz CT molecular complexity index is 1010. The van der Waals surface area contributed by atoms with E-state index in [1.54, 1.807) is 12.1 Å². The molecule has 0 radical (unpaired) electrons. The lowest BCUT2D eigenvalue weighted by Gasteiger charge is -2.11. The molecule has 1 aliphatic heterocycles. The van der Waals surface area contributed by atoms with Crippen LogP contribution in [0.2, 0.25) is 0 Å². The minimum absolute atomic E-state index is 0.251. The van der Waals surface area contributed by atoms with E-state index < -0.39 is 0 Å². The first kappa shape index (κ1) is 15.3. The molecule has 2 N–H and O–H groups in total. The van der Waals surface area contributed by atoms with Crippen LogP contribution in [0, 0.1) is 0 Å². The van der Waals surface area contributed by atoms with Gasteiger partial charge in [0, 0.05) is 30.8 Å². The molecule has 0 amide bonds. The first-order chi connectivity index (χ1) is 12.2. The summed E-state index contributed by atoms with van der Waals surface area (Å²) in [4.78, 5) is 13.7. The molecule has 0 atom stereocenters. The lowest BCUT2D eigenvalue weighted by atomic mass is 10.0. The molecule has 0 fully saturated rings. The second kappa shape index (κ2) is 6.36. The number of dihydropyridines is 1. The predicted molar refractivity (Wildman–Crippen MR) is 102 cm³/mol. The maximum absolute atomic E-state index is 9.71. The first-order valence-electron chi connectivity index (χ1n) is 8.24. The second-order valence-corrected chi connectivity index (χ2v) is 5.91. The fourth-order valence-corrected chi connectivity index (χ4v) is 2.97. The molecule has 0 aliphatic carbocycles. The number of hydrogen-bond donors (Lipinski definition) is 2. The summed E-state index contributed by atoms with van der Waals surface area (Å²) in [5.74, 6) is 1.72. The van der Waals surface area contributed by atoms with Crippen LogP contribution < -0.4 is 5.32 Å². The predicted octanol–water partition coefficient (Wildman–Crippen LogP) is 3.90. The van der Waals surface area contributed by atoms with Crippen molar-refractivity contribution in [2.24, 2.45) is 4.99 Å². The van der Waals surface area contributed by atoms with Crippen molar-refractivity contribution in [3.63, 3.8) is 0 Å². The maximum atomic E-state index is 9.71. The average Bonchev–Trinajstić information content (AvgIpc) is 2.67. The highest BCUT2D eigenvalue weighted by Crippen LogP contribution is 2.30. The van der Waals surface area contributed by atoms with Gasteiger partial charge in [0.15, 0.2) is 5.82 Å². The van der Waals surface area contributed by atoms with Gasteiger partial charge in [-0.1, -0.05) is 24.3 Å². The van der Waals surface area contributed by atoms with Crippen molar-refractivity contribution < 1.29 is 5.11 Å². The Hall–Kier alpha value is -3.21. The number of rotatable bonds is 3. The minimum Gasteiger partial charge on any atom is -0.508 e. The van der Waals surface area contributed by atoms with E-state index >= 15 is 0 Å². The smallest absolute Gasteiger partial charge is 0.163 e. The Morgan fingerprint density at radius 2 is 1.92 bits per heavy atom. The number of aromatic hydroxyl groups is 1. The molecule has 0 saturated heterocycles. The van der Waals surface area contributed by atoms with Crippen LogP contribution in [0.25, 0.3) is 27.6 Å². The van der Waals surface area contributed by atoms with Crippen molar-refractivity contribution in [1.82, 2.24) is 9.97 Å². The largest absolute Gasteiger partial charge is 0.508 e. The zero-order valence-electron chi connectivity index (χ0n) is 13.9. The molecular formula is C20H18N4O. The van der Waals surface area contributed by atoms with E-state index in [9.17, 15) is 5.11 Å². The van der Waals surface area contributed by atoms with Gasteiger partial charge >= 0.3 is 0 Å². The molecule has 5 nitrogen and oxygen atoms in total. The SMILES string of the molecule is CNc1nc(C2=CCCN=C2)nc2ccc(-c3cccc(O)c3)cc12. The van der Waals surface area contributed by atoms with Crippen molar-refractivity contribution in [3.8, 4) is 16.9 Å². The fraction of sp³-hybridized carbons (Fsp3) is 0.150. The zero-order valence-corrected chi connectivity index (χ0v) is 13.9. The summed E-state index contributed by atoms with van der Waals surface area (Å²) < 4.78 is 0. The topological polar surface area (TPSA) is 70.4 Å². The lowest BCUT2D eigenvalue weighted by molar-refractivity contribution is 0.475. The normalized spacial score (nSPS) is 13.7. The summed E-state index contributed by atoms with van der Waals surface area (Å²) >= 11 is 0. The number of aromatic nitrogens is 2. The van der Waals surface area contributed by atoms with E-state index in [1.807, 2.05) is 43.6 Å². The third-order valence-corrected chi connectivity index (χ3v) is 4.22. The van der Waals surface area contributed by atoms with Gasteiger partial charge in [-0.3, -0.25) is 4.99 Å². The molecular weight excluding hydrogens is 312 g/mol. The van der Waals surface area contributed by atoms with E-state index in [0.29, 0.717) is 5.82 Å². The lowest BCUT2D eigenvalue weighted by Crippen LogP contribution is -2.04. The number of anilines is 1. The summed E-state index contributed by atoms with van der Waals surface area (Å²) in [6.45, 7) is 0.823. The van der Waals surface area contributed by atoms with Crippen LogP contribution >= 0.6 is 0 Å². The molecule has 1 aliphatic rings. The van der Waals surface area contributed by atoms with Crippen LogP contribution in [-0.2, 0) is 0 Å². The van der Waals surface area contributed by atoms with Gasteiger partial charge in [-0.25, -0.2) is 9.97 Å². The number of benzene rings is 2. The van der Waals surface area contributed by atoms with Gasteiger partial charge in [0.2, 0.25) is 0 Å². The molecule has 25 heavy (non-hydrogen) atoms. The van der Waals surface area contributed by atoms with Gasteiger partial charge < -0.3 is 10.4 Å². The number of hydrogen-bond acceptors (Lipinski definition) is 5. The molecule has 0 saturated carbocycles. The van der Waals surface area contributed by atoms with Gasteiger partial charge in [-0.05, 0) is 41.8 Å². The van der Waals surface area contributed by atoms with Gasteiger partial charge in [0.05, 0.1) is 5.52 Å². The quantitative estimate of drug-likeness (QED) is 0.764. The number of aliphatic imine (C=N–C) groups is 1. The van der Waals surface area contributed by atoms with Crippen molar-refractivity contribution >= 4 is 28.5 Å². The number of nitrogens with one attached hydrogen (secondary N) is 1. The molecule has 3 aromatic rings. The third-order valence-electron chi connectivity index (χ3n) is 4.22. The zero-order chi connectivity index (χ0) is 17.2. The monoisotopic (exact) mass is 330 g/mol. The van der Waals surface area contributed by atoms with Crippen LogP contribution in [-0.4, -0.2) is 34.9 Å². The van der Waals surface area contributed by atoms with Gasteiger partial charge in [-0.2, -0.15) is 0 Å². The van der Waals surface area contributed by atoms with Crippen LogP contribution in [0.15, 0.2) is 53.5 Å². The average molecular weight is 330 g/mol. The van der Waals surface area contributed by atoms with Gasteiger partial charge in [-0.15, -0.1) is 0 Å². The first-order valence-corrected chi connectivity index (χ1v) is 8.24. The third kappa shape index (κ3) is 2.96. The summed E-state index contributed by atoms with van der Waals surface area (Å²) in [7, 11) is 1.86. The Kier molecular flexibility index (Phi) is 3.90. The van der Waals surface area contributed by atoms with E-state index in [2.05, 4.69) is 21.4 Å². The Balaban J connectivity index is 1.85. The number of nitrogens with zero attached hydrogens (tertiary/aromatic N) is 3. The van der Waals surface area contributed by atoms with E-state index in [4.69, 9.17) is 4.98 Å². The van der Waals surface area contributed by atoms with Crippen molar-refractivity contribution in [1.29, 1.82) is 0 Å². The summed E-state index contributed by atoms with van der Waals surface area (Å²) in [6, 6.07) is 13.3. The molecule has 2 aromatic carbocycles. The number of allylic oxidation sites excluding steroid dienone is 1. The number of phenolic OH excluding ortho intramolecular Hbond substituents is 1. The van der Waals surface area contributed by atoms with Gasteiger partial charge in [0.25, 0.3) is 0 Å². The molecule has 0 unspecified atom stereocenters. The molecule has 2 heterocycles. The number of fused-ring (bicyclic) bond motifs is 1. The van der Waals surface area contributed by atoms with Crippen LogP contribution in [0.4, 0.5) is 5.82 Å². The maximum Gasteiger partial charge on any atom is 0.163 e. The highest BCUT2D eigenvalue weighted by atomic mass is 16.3. The van der Waals surface area contributed by atoms with Crippen molar-refractivity contribution in [2.75, 3.05) is 18.9 Å². The molecule has 0 spiro atoms. The van der Waals surface area contributed by atoms with Crippen LogP contribution in [0.5, 0.6) is 5.75 Å². The van der Waals surface area contributed by atoms with Crippen molar-refractivity contribution in [3.05, 3.63) is 54.4 Å². The standard InChI is InChI=1S/C20H18N4O/c1-21-20-17-11-14(13-4-2-6-16(25)10-13)7-8-18(17)23-19(24-20)15-5-3-9-22-12-15/h2,4-8,10-12,25H,3,9H2,1H3,(H,21,23,24). The van der Waals surface area contributed by atoms with Crippen molar-refractivity contribution in [2.45, 2.75) is 6.42 Å². The fourth-order valence-electron chi connectivity index (χ4n) is 2.97. The van der Waals surface area contributed by atoms with Crippen LogP contribution in [0.1, 0.15) is 12.2 Å². The molecule has 5 heteroatoms. The molecule has 124 valence electrons. The van der Waals surface area contributed by atoms with Crippen LogP contribution in [0.3, 0.4) is 0 Å². The molecule has 4 rings (SSSR count). The molecule has 1 aromatic heterocycles. The Morgan fingerprint density at radius 1 is 1.04 bits per heavy atom. The number of phenols is 1. The summed E-state index contributed by atoms with van der Waals surface area (Å²) in [5.41, 5.74) is 3.80. The van der Waals surface area contributed by atoms with E-state index in [-0.39, 0.29) is 5.75 Å². The summed E-state index contributed by atoms with van der Waals surface area (Å²) in [6.07, 6.45) is 4.87. The Labute approximate surface area is 145 Å². The van der Waals surface area contributed by atoms with E-state index in [0.717, 1.165) is 46.4 Å². The van der Waals surface area contributed by atoms with E-state index in [1.165, 1.54) is 0 Å². The Morgan fingerprint density at radius 3 is 2.68 bits per heavy atom.